The van der Waals surface area contributed by atoms with Gasteiger partial charge in [-0.2, -0.15) is 4.31 Å². The number of amides is 1. The molecule has 2 saturated heterocycles. The lowest BCUT2D eigenvalue weighted by Gasteiger charge is -2.30. The molecule has 2 aromatic carbocycles. The molecule has 246 valence electrons. The van der Waals surface area contributed by atoms with Crippen LogP contribution < -0.4 is 14.8 Å². The maximum Gasteiger partial charge on any atom is 0.407 e. The van der Waals surface area contributed by atoms with Crippen LogP contribution in [0.5, 0.6) is 11.5 Å². The second kappa shape index (κ2) is 16.8. The van der Waals surface area contributed by atoms with E-state index >= 15 is 0 Å². The standard InChI is InChI=1S/C33H44N2O9S/c1-4-6-7-11-17-35(45(38,39)31-15-14-25(40-3)21-29(31)41-18-5-2)22-28(36)27(20-24-12-9-8-10-13-24)34-33(37)44-30-23-43-32-26(30)16-19-42-32/h4-5,8-10,12-15,21,26-28,30,32,36H,1-2,6-7,11,16-20,22-23H2,3H3,(H,34,37)/t26-,27-,28+,30-,32+/m0/s1. The van der Waals surface area contributed by atoms with Crippen molar-refractivity contribution < 1.29 is 42.0 Å². The van der Waals surface area contributed by atoms with Crippen LogP contribution in [-0.2, 0) is 30.7 Å². The number of carbonyl (C=O) groups is 1. The number of unbranched alkanes of at least 4 members (excludes halogenated alkanes) is 2. The molecule has 0 bridgehead atoms. The zero-order valence-electron chi connectivity index (χ0n) is 25.7. The van der Waals surface area contributed by atoms with Gasteiger partial charge >= 0.3 is 6.09 Å². The Morgan fingerprint density at radius 1 is 1.16 bits per heavy atom. The Morgan fingerprint density at radius 3 is 2.69 bits per heavy atom. The molecule has 0 aromatic heterocycles. The summed E-state index contributed by atoms with van der Waals surface area (Å²) in [6.07, 6.45) is 3.36. The number of hydrogen-bond donors (Lipinski definition) is 2. The summed E-state index contributed by atoms with van der Waals surface area (Å²) in [5, 5.41) is 14.4. The van der Waals surface area contributed by atoms with Crippen molar-refractivity contribution >= 4 is 16.1 Å². The molecule has 2 aliphatic heterocycles. The highest BCUT2D eigenvalue weighted by molar-refractivity contribution is 7.89. The summed E-state index contributed by atoms with van der Waals surface area (Å²) in [5.41, 5.74) is 0.853. The van der Waals surface area contributed by atoms with Crippen molar-refractivity contribution in [1.29, 1.82) is 0 Å². The van der Waals surface area contributed by atoms with Gasteiger partial charge in [-0.15, -0.1) is 6.58 Å². The van der Waals surface area contributed by atoms with E-state index < -0.39 is 34.4 Å². The minimum absolute atomic E-state index is 0.0496. The van der Waals surface area contributed by atoms with Gasteiger partial charge in [0.2, 0.25) is 10.0 Å². The maximum atomic E-state index is 14.2. The number of sulfonamides is 1. The van der Waals surface area contributed by atoms with Gasteiger partial charge in [0.25, 0.3) is 0 Å². The second-order valence-corrected chi connectivity index (χ2v) is 12.9. The van der Waals surface area contributed by atoms with Crippen molar-refractivity contribution in [3.8, 4) is 11.5 Å². The molecule has 0 unspecified atom stereocenters. The Bertz CT molecular complexity index is 1370. The quantitative estimate of drug-likeness (QED) is 0.182. The first-order valence-corrected chi connectivity index (χ1v) is 16.7. The number of ether oxygens (including phenoxy) is 5. The molecule has 12 heteroatoms. The lowest BCUT2D eigenvalue weighted by atomic mass is 10.0. The summed E-state index contributed by atoms with van der Waals surface area (Å²) in [6.45, 7) is 8.10. The Labute approximate surface area is 265 Å². The average Bonchev–Trinajstić information content (AvgIpc) is 3.66. The van der Waals surface area contributed by atoms with E-state index in [1.807, 2.05) is 30.3 Å². The molecule has 2 N–H and O–H groups in total. The lowest BCUT2D eigenvalue weighted by Crippen LogP contribution is -2.51. The largest absolute Gasteiger partial charge is 0.497 e. The topological polar surface area (TPSA) is 133 Å². The Kier molecular flexibility index (Phi) is 12.8. The molecule has 2 aromatic rings. The first-order valence-electron chi connectivity index (χ1n) is 15.2. The second-order valence-electron chi connectivity index (χ2n) is 11.0. The van der Waals surface area contributed by atoms with E-state index in [-0.39, 0.29) is 55.6 Å². The van der Waals surface area contributed by atoms with Crippen LogP contribution in [-0.4, -0.2) is 88.5 Å². The third-order valence-electron chi connectivity index (χ3n) is 7.89. The SMILES string of the molecule is C=CCCCCN(C[C@@H](O)[C@H](Cc1ccccc1)NC(=O)O[C@H]1CO[C@H]2OCC[C@H]21)S(=O)(=O)c1ccc(OC)cc1OCC=C. The molecule has 45 heavy (non-hydrogen) atoms. The number of aliphatic hydroxyl groups excluding tert-OH is 1. The predicted molar refractivity (Wildman–Crippen MR) is 169 cm³/mol. The Morgan fingerprint density at radius 2 is 1.96 bits per heavy atom. The first-order chi connectivity index (χ1) is 21.8. The van der Waals surface area contributed by atoms with Crippen LogP contribution in [0.25, 0.3) is 0 Å². The van der Waals surface area contributed by atoms with Crippen molar-refractivity contribution in [1.82, 2.24) is 9.62 Å². The fraction of sp³-hybridized carbons (Fsp3) is 0.485. The number of fused-ring (bicyclic) bond motifs is 1. The monoisotopic (exact) mass is 644 g/mol. The van der Waals surface area contributed by atoms with Crippen molar-refractivity contribution in [2.75, 3.05) is 40.0 Å². The number of carbonyl (C=O) groups excluding carboxylic acids is 1. The molecule has 1 amide bonds. The minimum atomic E-state index is -4.17. The summed E-state index contributed by atoms with van der Waals surface area (Å²) >= 11 is 0. The average molecular weight is 645 g/mol. The van der Waals surface area contributed by atoms with Crippen LogP contribution in [0.2, 0.25) is 0 Å². The van der Waals surface area contributed by atoms with Gasteiger partial charge in [0.1, 0.15) is 29.1 Å². The molecule has 0 radical (unpaired) electrons. The molecule has 2 fully saturated rings. The number of aliphatic hydroxyl groups is 1. The van der Waals surface area contributed by atoms with Gasteiger partial charge in [-0.1, -0.05) is 49.1 Å². The Hall–Kier alpha value is -3.42. The summed E-state index contributed by atoms with van der Waals surface area (Å²) in [7, 11) is -2.69. The molecule has 0 aliphatic carbocycles. The van der Waals surface area contributed by atoms with E-state index in [2.05, 4.69) is 18.5 Å². The van der Waals surface area contributed by atoms with Crippen molar-refractivity contribution in [2.24, 2.45) is 5.92 Å². The van der Waals surface area contributed by atoms with Crippen molar-refractivity contribution in [3.63, 3.8) is 0 Å². The maximum absolute atomic E-state index is 14.2. The summed E-state index contributed by atoms with van der Waals surface area (Å²) in [5.74, 6) is 0.487. The smallest absolute Gasteiger partial charge is 0.407 e. The molecule has 0 spiro atoms. The number of nitrogens with zero attached hydrogens (tertiary/aromatic N) is 1. The normalized spacial score (nSPS) is 20.6. The van der Waals surface area contributed by atoms with E-state index in [0.29, 0.717) is 31.6 Å². The molecule has 0 saturated carbocycles. The van der Waals surface area contributed by atoms with E-state index in [1.54, 1.807) is 12.1 Å². The number of rotatable bonds is 18. The zero-order valence-corrected chi connectivity index (χ0v) is 26.5. The molecule has 11 nitrogen and oxygen atoms in total. The number of benzene rings is 2. The van der Waals surface area contributed by atoms with Crippen LogP contribution in [0.15, 0.2) is 78.7 Å². The van der Waals surface area contributed by atoms with Gasteiger partial charge in [0.15, 0.2) is 6.29 Å². The van der Waals surface area contributed by atoms with Crippen molar-refractivity contribution in [2.45, 2.75) is 61.5 Å². The number of hydrogen-bond acceptors (Lipinski definition) is 9. The third-order valence-corrected chi connectivity index (χ3v) is 9.80. The van der Waals surface area contributed by atoms with E-state index in [9.17, 15) is 18.3 Å². The fourth-order valence-corrected chi connectivity index (χ4v) is 7.08. The van der Waals surface area contributed by atoms with Gasteiger partial charge < -0.3 is 34.1 Å². The van der Waals surface area contributed by atoms with Gasteiger partial charge in [-0.3, -0.25) is 0 Å². The minimum Gasteiger partial charge on any atom is -0.497 e. The van der Waals surface area contributed by atoms with Gasteiger partial charge in [0.05, 0.1) is 38.4 Å². The number of methoxy groups -OCH3 is 1. The van der Waals surface area contributed by atoms with Crippen LogP contribution in [0.3, 0.4) is 0 Å². The van der Waals surface area contributed by atoms with Crippen LogP contribution in [0.4, 0.5) is 4.79 Å². The van der Waals surface area contributed by atoms with E-state index in [4.69, 9.17) is 23.7 Å². The van der Waals surface area contributed by atoms with E-state index in [0.717, 1.165) is 12.0 Å². The van der Waals surface area contributed by atoms with Crippen LogP contribution in [0, 0.1) is 5.92 Å². The highest BCUT2D eigenvalue weighted by Gasteiger charge is 2.44. The zero-order chi connectivity index (χ0) is 32.2. The molecule has 4 rings (SSSR count). The first kappa shape index (κ1) is 34.5. The summed E-state index contributed by atoms with van der Waals surface area (Å²) in [6, 6.07) is 13.0. The highest BCUT2D eigenvalue weighted by atomic mass is 32.2. The summed E-state index contributed by atoms with van der Waals surface area (Å²) < 4.78 is 57.4. The van der Waals surface area contributed by atoms with Crippen molar-refractivity contribution in [3.05, 3.63) is 79.4 Å². The van der Waals surface area contributed by atoms with Gasteiger partial charge in [-0.05, 0) is 49.8 Å². The number of nitrogens with one attached hydrogen (secondary N) is 1. The lowest BCUT2D eigenvalue weighted by molar-refractivity contribution is -0.0907. The fourth-order valence-electron chi connectivity index (χ4n) is 5.47. The number of allylic oxidation sites excluding steroid dienone is 1. The van der Waals surface area contributed by atoms with Gasteiger partial charge in [-0.25, -0.2) is 13.2 Å². The predicted octanol–water partition coefficient (Wildman–Crippen LogP) is 4.07. The molecule has 2 heterocycles. The third kappa shape index (κ3) is 9.30. The van der Waals surface area contributed by atoms with Gasteiger partial charge in [0, 0.05) is 19.2 Å². The molecular formula is C33H44N2O9S. The molecule has 2 aliphatic rings. The Balaban J connectivity index is 1.57. The molecular weight excluding hydrogens is 600 g/mol. The number of alkyl carbamates (subject to hydrolysis) is 1. The van der Waals surface area contributed by atoms with E-state index in [1.165, 1.54) is 29.6 Å². The molecule has 5 atom stereocenters. The van der Waals surface area contributed by atoms with Crippen LogP contribution >= 0.6 is 0 Å². The summed E-state index contributed by atoms with van der Waals surface area (Å²) in [4.78, 5) is 13.1. The van der Waals surface area contributed by atoms with Crippen LogP contribution in [0.1, 0.15) is 31.2 Å². The highest BCUT2D eigenvalue weighted by Crippen LogP contribution is 2.33.